The molecule has 0 atom stereocenters. The van der Waals surface area contributed by atoms with E-state index in [0.29, 0.717) is 5.75 Å². The highest BCUT2D eigenvalue weighted by atomic mass is 16.6. The lowest BCUT2D eigenvalue weighted by Crippen LogP contribution is -1.93. The molecule has 0 spiro atoms. The van der Waals surface area contributed by atoms with Crippen LogP contribution >= 0.6 is 0 Å². The Balaban J connectivity index is 2.42. The molecule has 21 heavy (non-hydrogen) atoms. The molecule has 1 aromatic heterocycles. The van der Waals surface area contributed by atoms with Crippen LogP contribution in [0, 0.1) is 20.2 Å². The first-order valence-corrected chi connectivity index (χ1v) is 5.75. The Hall–Kier alpha value is -3.16. The second-order valence-corrected chi connectivity index (χ2v) is 3.94. The zero-order chi connectivity index (χ0) is 15.4. The van der Waals surface area contributed by atoms with Crippen molar-refractivity contribution in [3.8, 4) is 17.1 Å². The van der Waals surface area contributed by atoms with Gasteiger partial charge in [-0.25, -0.2) is 0 Å². The molecule has 0 saturated heterocycles. The summed E-state index contributed by atoms with van der Waals surface area (Å²) < 4.78 is 10.3. The summed E-state index contributed by atoms with van der Waals surface area (Å²) >= 11 is 0. The van der Waals surface area contributed by atoms with Crippen LogP contribution in [0.1, 0.15) is 5.76 Å². The molecule has 1 aromatic carbocycles. The second kappa shape index (κ2) is 5.87. The van der Waals surface area contributed by atoms with E-state index in [1.807, 2.05) is 0 Å². The molecule has 0 fully saturated rings. The zero-order valence-electron chi connectivity index (χ0n) is 10.9. The smallest absolute Gasteiger partial charge is 0.284 e. The Morgan fingerprint density at radius 3 is 2.57 bits per heavy atom. The fourth-order valence-corrected chi connectivity index (χ4v) is 1.72. The van der Waals surface area contributed by atoms with E-state index in [-0.39, 0.29) is 22.8 Å². The largest absolute Gasteiger partial charge is 0.497 e. The third-order valence-electron chi connectivity index (χ3n) is 2.65. The van der Waals surface area contributed by atoms with Gasteiger partial charge in [-0.15, -0.1) is 0 Å². The number of nitro groups is 2. The average Bonchev–Trinajstić information content (AvgIpc) is 2.93. The standard InChI is InChI=1S/C13H10N2O6/c1-20-10-2-4-11(12(8-10)15(18)19)13-5-3-9(21-13)6-7-14(16)17/h2-8H,1H3/b7-6+. The van der Waals surface area contributed by atoms with Gasteiger partial charge in [0.15, 0.2) is 0 Å². The summed E-state index contributed by atoms with van der Waals surface area (Å²) in [6.07, 6.45) is 1.89. The third kappa shape index (κ3) is 3.24. The number of rotatable bonds is 5. The van der Waals surface area contributed by atoms with Crippen molar-refractivity contribution in [2.75, 3.05) is 7.11 Å². The van der Waals surface area contributed by atoms with Gasteiger partial charge in [0.1, 0.15) is 17.3 Å². The highest BCUT2D eigenvalue weighted by molar-refractivity contribution is 5.71. The molecular formula is C13H10N2O6. The Morgan fingerprint density at radius 1 is 1.19 bits per heavy atom. The van der Waals surface area contributed by atoms with Gasteiger partial charge in [-0.2, -0.15) is 0 Å². The minimum absolute atomic E-state index is 0.173. The van der Waals surface area contributed by atoms with E-state index in [2.05, 4.69) is 0 Å². The maximum atomic E-state index is 11.1. The van der Waals surface area contributed by atoms with Crippen LogP contribution in [0.2, 0.25) is 0 Å². The number of methoxy groups -OCH3 is 1. The Bertz CT molecular complexity index is 719. The quantitative estimate of drug-likeness (QED) is 0.618. The lowest BCUT2D eigenvalue weighted by Gasteiger charge is -2.03. The van der Waals surface area contributed by atoms with Crippen molar-refractivity contribution in [1.82, 2.24) is 0 Å². The first-order chi connectivity index (χ1) is 10.0. The van der Waals surface area contributed by atoms with Gasteiger partial charge < -0.3 is 9.15 Å². The van der Waals surface area contributed by atoms with Gasteiger partial charge in [-0.3, -0.25) is 20.2 Å². The molecule has 0 bridgehead atoms. The van der Waals surface area contributed by atoms with Crippen molar-refractivity contribution in [1.29, 1.82) is 0 Å². The van der Waals surface area contributed by atoms with E-state index in [4.69, 9.17) is 9.15 Å². The van der Waals surface area contributed by atoms with E-state index in [0.717, 1.165) is 6.20 Å². The van der Waals surface area contributed by atoms with Crippen LogP contribution in [0.25, 0.3) is 17.4 Å². The maximum Gasteiger partial charge on any atom is 0.284 e. The fourth-order valence-electron chi connectivity index (χ4n) is 1.72. The average molecular weight is 290 g/mol. The third-order valence-corrected chi connectivity index (χ3v) is 2.65. The van der Waals surface area contributed by atoms with Gasteiger partial charge in [0.25, 0.3) is 5.69 Å². The first kappa shape index (κ1) is 14.3. The van der Waals surface area contributed by atoms with E-state index in [1.165, 1.54) is 37.5 Å². The summed E-state index contributed by atoms with van der Waals surface area (Å²) in [5.74, 6) is 0.824. The molecule has 0 amide bonds. The number of nitro benzene ring substituents is 1. The molecular weight excluding hydrogens is 280 g/mol. The molecule has 0 radical (unpaired) electrons. The molecule has 1 heterocycles. The number of hydrogen-bond acceptors (Lipinski definition) is 6. The topological polar surface area (TPSA) is 109 Å². The van der Waals surface area contributed by atoms with Crippen molar-refractivity contribution in [3.05, 3.63) is 62.5 Å². The minimum Gasteiger partial charge on any atom is -0.497 e. The molecule has 2 rings (SSSR count). The Kier molecular flexibility index (Phi) is 3.98. The number of furan rings is 1. The number of ether oxygens (including phenoxy) is 1. The summed E-state index contributed by atoms with van der Waals surface area (Å²) in [5, 5.41) is 21.3. The summed E-state index contributed by atoms with van der Waals surface area (Å²) in [5.41, 5.74) is 0.0926. The number of hydrogen-bond donors (Lipinski definition) is 0. The van der Waals surface area contributed by atoms with Gasteiger partial charge in [-0.1, -0.05) is 0 Å². The highest BCUT2D eigenvalue weighted by Gasteiger charge is 2.19. The molecule has 0 N–H and O–H groups in total. The van der Waals surface area contributed by atoms with Crippen molar-refractivity contribution in [2.24, 2.45) is 0 Å². The minimum atomic E-state index is -0.627. The van der Waals surface area contributed by atoms with Crippen LogP contribution in [0.15, 0.2) is 40.9 Å². The van der Waals surface area contributed by atoms with Gasteiger partial charge in [-0.05, 0) is 24.3 Å². The van der Waals surface area contributed by atoms with Gasteiger partial charge >= 0.3 is 0 Å². The second-order valence-electron chi connectivity index (χ2n) is 3.94. The molecule has 0 aliphatic carbocycles. The molecule has 8 nitrogen and oxygen atoms in total. The Labute approximate surface area is 118 Å². The molecule has 0 unspecified atom stereocenters. The summed E-state index contributed by atoms with van der Waals surface area (Å²) in [6.45, 7) is 0. The van der Waals surface area contributed by atoms with Crippen LogP contribution < -0.4 is 4.74 Å². The van der Waals surface area contributed by atoms with Crippen LogP contribution in [0.3, 0.4) is 0 Å². The van der Waals surface area contributed by atoms with Crippen molar-refractivity contribution < 1.29 is 19.0 Å². The van der Waals surface area contributed by atoms with Crippen molar-refractivity contribution >= 4 is 11.8 Å². The van der Waals surface area contributed by atoms with Crippen LogP contribution in [-0.2, 0) is 0 Å². The summed E-state index contributed by atoms with van der Waals surface area (Å²) in [7, 11) is 1.41. The SMILES string of the molecule is COc1ccc(-c2ccc(/C=C/[N+](=O)[O-])o2)c([N+](=O)[O-])c1. The first-order valence-electron chi connectivity index (χ1n) is 5.75. The lowest BCUT2D eigenvalue weighted by molar-refractivity contribution is -0.401. The molecule has 0 aliphatic rings. The van der Waals surface area contributed by atoms with Crippen molar-refractivity contribution in [3.63, 3.8) is 0 Å². The monoisotopic (exact) mass is 290 g/mol. The predicted molar refractivity (Wildman–Crippen MR) is 73.4 cm³/mol. The normalized spacial score (nSPS) is 10.7. The fraction of sp³-hybridized carbons (Fsp3) is 0.0769. The van der Waals surface area contributed by atoms with Gasteiger partial charge in [0.2, 0.25) is 6.20 Å². The summed E-state index contributed by atoms with van der Waals surface area (Å²) in [4.78, 5) is 20.2. The van der Waals surface area contributed by atoms with E-state index in [9.17, 15) is 20.2 Å². The van der Waals surface area contributed by atoms with E-state index in [1.54, 1.807) is 6.07 Å². The van der Waals surface area contributed by atoms with Gasteiger partial charge in [0, 0.05) is 0 Å². The highest BCUT2D eigenvalue weighted by Crippen LogP contribution is 2.34. The zero-order valence-corrected chi connectivity index (χ0v) is 10.9. The van der Waals surface area contributed by atoms with Crippen LogP contribution in [0.4, 0.5) is 5.69 Å². The maximum absolute atomic E-state index is 11.1. The van der Waals surface area contributed by atoms with Gasteiger partial charge in [0.05, 0.1) is 34.7 Å². The van der Waals surface area contributed by atoms with E-state index < -0.39 is 9.85 Å². The summed E-state index contributed by atoms with van der Waals surface area (Å²) in [6, 6.07) is 7.34. The molecule has 108 valence electrons. The van der Waals surface area contributed by atoms with Crippen molar-refractivity contribution in [2.45, 2.75) is 0 Å². The molecule has 0 saturated carbocycles. The van der Waals surface area contributed by atoms with Crippen LogP contribution in [0.5, 0.6) is 5.75 Å². The number of benzene rings is 1. The Morgan fingerprint density at radius 2 is 1.95 bits per heavy atom. The molecule has 8 heteroatoms. The predicted octanol–water partition coefficient (Wildman–Crippen LogP) is 3.11. The lowest BCUT2D eigenvalue weighted by atomic mass is 10.1. The molecule has 0 aliphatic heterocycles. The number of nitrogens with zero attached hydrogens (tertiary/aromatic N) is 2. The molecule has 2 aromatic rings. The van der Waals surface area contributed by atoms with E-state index >= 15 is 0 Å². The van der Waals surface area contributed by atoms with Crippen LogP contribution in [-0.4, -0.2) is 17.0 Å².